The molecule has 0 bridgehead atoms. The molecule has 14 heavy (non-hydrogen) atoms. The van der Waals surface area contributed by atoms with Crippen LogP contribution in [-0.4, -0.2) is 23.7 Å². The van der Waals surface area contributed by atoms with Crippen LogP contribution in [0.3, 0.4) is 0 Å². The predicted molar refractivity (Wildman–Crippen MR) is 52.0 cm³/mol. The zero-order valence-electron chi connectivity index (χ0n) is 7.96. The molecule has 0 spiro atoms. The molecule has 0 fully saturated rings. The minimum Gasteiger partial charge on any atom is -0.247 e. The molecule has 4 nitrogen and oxygen atoms in total. The normalized spacial score (nSPS) is 14.3. The van der Waals surface area contributed by atoms with Gasteiger partial charge in [-0.25, -0.2) is 19.4 Å². The Labute approximate surface area is 92.4 Å². The SMILES string of the molecule is CC(CCl)C(=O)OOC(=O)C(C)CCl. The summed E-state index contributed by atoms with van der Waals surface area (Å²) in [6.45, 7) is 3.13. The maximum absolute atomic E-state index is 11.0. The smallest absolute Gasteiger partial charge is 0.247 e. The maximum Gasteiger partial charge on any atom is 0.359 e. The van der Waals surface area contributed by atoms with Gasteiger partial charge in [-0.05, 0) is 0 Å². The van der Waals surface area contributed by atoms with E-state index in [1.165, 1.54) is 0 Å². The second-order valence-electron chi connectivity index (χ2n) is 2.92. The predicted octanol–water partition coefficient (Wildman–Crippen LogP) is 1.74. The monoisotopic (exact) mass is 242 g/mol. The number of hydrogen-bond acceptors (Lipinski definition) is 4. The van der Waals surface area contributed by atoms with E-state index in [4.69, 9.17) is 23.2 Å². The van der Waals surface area contributed by atoms with Gasteiger partial charge in [-0.3, -0.25) is 0 Å². The van der Waals surface area contributed by atoms with Crippen LogP contribution in [0.1, 0.15) is 13.8 Å². The summed E-state index contributed by atoms with van der Waals surface area (Å²) in [5.74, 6) is -2.13. The minimum absolute atomic E-state index is 0.113. The van der Waals surface area contributed by atoms with Crippen LogP contribution in [0.5, 0.6) is 0 Å². The van der Waals surface area contributed by atoms with Gasteiger partial charge >= 0.3 is 11.9 Å². The van der Waals surface area contributed by atoms with Gasteiger partial charge in [-0.1, -0.05) is 13.8 Å². The standard InChI is InChI=1S/C8H12Cl2O4/c1-5(3-9)7(11)13-14-8(12)6(2)4-10/h5-6H,3-4H2,1-2H3. The van der Waals surface area contributed by atoms with E-state index in [1.54, 1.807) is 13.8 Å². The molecule has 0 aromatic carbocycles. The largest absolute Gasteiger partial charge is 0.359 e. The fraction of sp³-hybridized carbons (Fsp3) is 0.750. The Balaban J connectivity index is 3.83. The van der Waals surface area contributed by atoms with Crippen molar-refractivity contribution in [2.24, 2.45) is 11.8 Å². The Bertz CT molecular complexity index is 186. The van der Waals surface area contributed by atoms with Gasteiger partial charge in [0.15, 0.2) is 0 Å². The molecular formula is C8H12Cl2O4. The van der Waals surface area contributed by atoms with Crippen molar-refractivity contribution >= 4 is 35.1 Å². The number of alkyl halides is 2. The van der Waals surface area contributed by atoms with Crippen LogP contribution in [0.2, 0.25) is 0 Å². The Morgan fingerprint density at radius 3 is 1.50 bits per heavy atom. The van der Waals surface area contributed by atoms with Crippen LogP contribution in [-0.2, 0) is 19.4 Å². The van der Waals surface area contributed by atoms with Crippen LogP contribution in [0.4, 0.5) is 0 Å². The van der Waals surface area contributed by atoms with Crippen molar-refractivity contribution in [3.63, 3.8) is 0 Å². The van der Waals surface area contributed by atoms with E-state index in [1.807, 2.05) is 0 Å². The number of rotatable bonds is 4. The van der Waals surface area contributed by atoms with Crippen molar-refractivity contribution in [3.8, 4) is 0 Å². The highest BCUT2D eigenvalue weighted by Crippen LogP contribution is 2.05. The lowest BCUT2D eigenvalue weighted by Gasteiger charge is -2.08. The summed E-state index contributed by atoms with van der Waals surface area (Å²) < 4.78 is 0. The van der Waals surface area contributed by atoms with Gasteiger partial charge in [-0.15, -0.1) is 23.2 Å². The molecule has 0 saturated heterocycles. The van der Waals surface area contributed by atoms with Gasteiger partial charge in [0.1, 0.15) is 0 Å². The lowest BCUT2D eigenvalue weighted by Crippen LogP contribution is -2.22. The van der Waals surface area contributed by atoms with Gasteiger partial charge in [0.2, 0.25) is 0 Å². The fourth-order valence-electron chi connectivity index (χ4n) is 0.372. The Morgan fingerprint density at radius 1 is 1.00 bits per heavy atom. The number of hydrogen-bond donors (Lipinski definition) is 0. The van der Waals surface area contributed by atoms with Crippen LogP contribution in [0, 0.1) is 11.8 Å². The van der Waals surface area contributed by atoms with E-state index in [2.05, 4.69) is 9.78 Å². The molecule has 0 aromatic rings. The van der Waals surface area contributed by atoms with Crippen molar-refractivity contribution in [1.29, 1.82) is 0 Å². The zero-order valence-corrected chi connectivity index (χ0v) is 9.47. The highest BCUT2D eigenvalue weighted by atomic mass is 35.5. The molecule has 0 aliphatic heterocycles. The van der Waals surface area contributed by atoms with Crippen LogP contribution < -0.4 is 0 Å². The lowest BCUT2D eigenvalue weighted by molar-refractivity contribution is -0.263. The molecule has 0 aromatic heterocycles. The second-order valence-corrected chi connectivity index (χ2v) is 3.53. The highest BCUT2D eigenvalue weighted by Gasteiger charge is 2.19. The first-order valence-corrected chi connectivity index (χ1v) is 5.14. The van der Waals surface area contributed by atoms with Gasteiger partial charge in [0.05, 0.1) is 11.8 Å². The number of halogens is 2. The molecular weight excluding hydrogens is 231 g/mol. The molecule has 0 heterocycles. The zero-order chi connectivity index (χ0) is 11.1. The van der Waals surface area contributed by atoms with Crippen molar-refractivity contribution in [3.05, 3.63) is 0 Å². The first-order chi connectivity index (χ1) is 6.52. The Morgan fingerprint density at radius 2 is 1.29 bits per heavy atom. The van der Waals surface area contributed by atoms with E-state index in [0.29, 0.717) is 0 Å². The summed E-state index contributed by atoms with van der Waals surface area (Å²) in [5, 5.41) is 0. The molecule has 0 rings (SSSR count). The van der Waals surface area contributed by atoms with Crippen molar-refractivity contribution < 1.29 is 19.4 Å². The third kappa shape index (κ3) is 4.67. The summed E-state index contributed by atoms with van der Waals surface area (Å²) >= 11 is 10.8. The summed E-state index contributed by atoms with van der Waals surface area (Å²) in [6, 6.07) is 0. The third-order valence-electron chi connectivity index (χ3n) is 1.47. The molecule has 0 N–H and O–H groups in total. The number of carbonyl (C=O) groups excluding carboxylic acids is 2. The summed E-state index contributed by atoms with van der Waals surface area (Å²) in [5.41, 5.74) is 0. The molecule has 2 atom stereocenters. The first kappa shape index (κ1) is 13.5. The minimum atomic E-state index is -0.671. The summed E-state index contributed by atoms with van der Waals surface area (Å²) in [4.78, 5) is 30.4. The van der Waals surface area contributed by atoms with E-state index in [-0.39, 0.29) is 11.8 Å². The quantitative estimate of drug-likeness (QED) is 0.428. The van der Waals surface area contributed by atoms with E-state index in [0.717, 1.165) is 0 Å². The van der Waals surface area contributed by atoms with Crippen LogP contribution in [0.15, 0.2) is 0 Å². The lowest BCUT2D eigenvalue weighted by atomic mass is 10.2. The maximum atomic E-state index is 11.0. The van der Waals surface area contributed by atoms with Crippen molar-refractivity contribution in [2.75, 3.05) is 11.8 Å². The van der Waals surface area contributed by atoms with E-state index in [9.17, 15) is 9.59 Å². The van der Waals surface area contributed by atoms with Gasteiger partial charge in [0.25, 0.3) is 0 Å². The summed E-state index contributed by atoms with van der Waals surface area (Å²) in [6.07, 6.45) is 0. The average Bonchev–Trinajstić information content (AvgIpc) is 2.22. The summed E-state index contributed by atoms with van der Waals surface area (Å²) in [7, 11) is 0. The third-order valence-corrected chi connectivity index (χ3v) is 2.40. The molecule has 0 aliphatic carbocycles. The first-order valence-electron chi connectivity index (χ1n) is 4.07. The number of carbonyl (C=O) groups is 2. The highest BCUT2D eigenvalue weighted by molar-refractivity contribution is 6.19. The fourth-order valence-corrected chi connectivity index (χ4v) is 0.624. The van der Waals surface area contributed by atoms with Crippen molar-refractivity contribution in [2.45, 2.75) is 13.8 Å². The second kappa shape index (κ2) is 6.90. The van der Waals surface area contributed by atoms with Gasteiger partial charge in [-0.2, -0.15) is 0 Å². The Hall–Kier alpha value is -0.480. The molecule has 0 radical (unpaired) electrons. The van der Waals surface area contributed by atoms with Crippen LogP contribution >= 0.6 is 23.2 Å². The molecule has 0 saturated carbocycles. The van der Waals surface area contributed by atoms with Crippen LogP contribution in [0.25, 0.3) is 0 Å². The Kier molecular flexibility index (Phi) is 6.66. The molecule has 82 valence electrons. The average molecular weight is 243 g/mol. The van der Waals surface area contributed by atoms with E-state index >= 15 is 0 Å². The van der Waals surface area contributed by atoms with Gasteiger partial charge in [0, 0.05) is 11.8 Å². The van der Waals surface area contributed by atoms with E-state index < -0.39 is 23.8 Å². The molecule has 6 heteroatoms. The topological polar surface area (TPSA) is 52.6 Å². The molecule has 0 amide bonds. The van der Waals surface area contributed by atoms with Crippen molar-refractivity contribution in [1.82, 2.24) is 0 Å². The molecule has 2 unspecified atom stereocenters. The molecule has 0 aliphatic rings. The van der Waals surface area contributed by atoms with Gasteiger partial charge < -0.3 is 0 Å².